The number of hydrogen-bond donors (Lipinski definition) is 1. The normalized spacial score (nSPS) is 9.90. The van der Waals surface area contributed by atoms with Gasteiger partial charge in [0.25, 0.3) is 0 Å². The summed E-state index contributed by atoms with van der Waals surface area (Å²) in [4.78, 5) is 7.35. The molecule has 1 aromatic rings. The molecule has 0 bridgehead atoms. The molecule has 1 heterocycles. The molecule has 0 saturated carbocycles. The predicted octanol–water partition coefficient (Wildman–Crippen LogP) is 1.97. The van der Waals surface area contributed by atoms with Crippen molar-refractivity contribution in [3.8, 4) is 0 Å². The van der Waals surface area contributed by atoms with E-state index in [9.17, 15) is 0 Å². The standard InChI is InChI=1S/C4H2Cl2IN3/c5-2-1(7)3(6)10-4(8)9-2/h(H2,8,9,10). The first-order valence-corrected chi connectivity index (χ1v) is 4.08. The average molecular weight is 290 g/mol. The molecule has 0 fully saturated rings. The molecule has 0 aromatic carbocycles. The molecule has 0 amide bonds. The van der Waals surface area contributed by atoms with Crippen molar-refractivity contribution in [3.63, 3.8) is 0 Å². The summed E-state index contributed by atoms with van der Waals surface area (Å²) in [5.41, 5.74) is 5.23. The molecule has 0 atom stereocenters. The van der Waals surface area contributed by atoms with Crippen LogP contribution in [0.3, 0.4) is 0 Å². The molecule has 2 N–H and O–H groups in total. The molecule has 1 rings (SSSR count). The zero-order valence-corrected chi connectivity index (χ0v) is 8.28. The van der Waals surface area contributed by atoms with Gasteiger partial charge in [0.15, 0.2) is 0 Å². The second kappa shape index (κ2) is 3.06. The van der Waals surface area contributed by atoms with Gasteiger partial charge in [0.05, 0.1) is 3.57 Å². The first kappa shape index (κ1) is 8.29. The first-order valence-electron chi connectivity index (χ1n) is 2.25. The van der Waals surface area contributed by atoms with Gasteiger partial charge in [-0.1, -0.05) is 23.2 Å². The highest BCUT2D eigenvalue weighted by atomic mass is 127. The fraction of sp³-hybridized carbons (Fsp3) is 0. The van der Waals surface area contributed by atoms with E-state index >= 15 is 0 Å². The molecule has 54 valence electrons. The van der Waals surface area contributed by atoms with Crippen LogP contribution in [0.2, 0.25) is 10.3 Å². The molecule has 0 aliphatic rings. The summed E-state index contributed by atoms with van der Waals surface area (Å²) in [6.07, 6.45) is 0. The van der Waals surface area contributed by atoms with Gasteiger partial charge in [-0.15, -0.1) is 0 Å². The fourth-order valence-corrected chi connectivity index (χ4v) is 1.05. The van der Waals surface area contributed by atoms with Crippen molar-refractivity contribution in [2.24, 2.45) is 0 Å². The monoisotopic (exact) mass is 289 g/mol. The second-order valence-corrected chi connectivity index (χ2v) is 3.27. The van der Waals surface area contributed by atoms with E-state index in [4.69, 9.17) is 28.9 Å². The number of halogens is 3. The van der Waals surface area contributed by atoms with Gasteiger partial charge >= 0.3 is 0 Å². The number of rotatable bonds is 0. The van der Waals surface area contributed by atoms with E-state index in [1.807, 2.05) is 22.6 Å². The lowest BCUT2D eigenvalue weighted by Crippen LogP contribution is -1.96. The maximum atomic E-state index is 5.60. The smallest absolute Gasteiger partial charge is 0.222 e. The minimum absolute atomic E-state index is 0.0930. The zero-order valence-electron chi connectivity index (χ0n) is 4.61. The highest BCUT2D eigenvalue weighted by Gasteiger charge is 2.05. The molecule has 0 radical (unpaired) electrons. The summed E-state index contributed by atoms with van der Waals surface area (Å²) in [5, 5.41) is 0.580. The van der Waals surface area contributed by atoms with Gasteiger partial charge in [-0.25, -0.2) is 9.97 Å². The van der Waals surface area contributed by atoms with Crippen molar-refractivity contribution in [2.75, 3.05) is 5.73 Å². The van der Waals surface area contributed by atoms with Crippen LogP contribution in [-0.4, -0.2) is 9.97 Å². The van der Waals surface area contributed by atoms with Gasteiger partial charge in [-0.05, 0) is 22.6 Å². The van der Waals surface area contributed by atoms with E-state index in [0.29, 0.717) is 3.57 Å². The van der Waals surface area contributed by atoms with E-state index in [1.165, 1.54) is 0 Å². The van der Waals surface area contributed by atoms with Crippen LogP contribution in [-0.2, 0) is 0 Å². The van der Waals surface area contributed by atoms with Crippen LogP contribution in [0, 0.1) is 3.57 Å². The van der Waals surface area contributed by atoms with E-state index in [1.54, 1.807) is 0 Å². The quantitative estimate of drug-likeness (QED) is 0.587. The number of nitrogens with two attached hydrogens (primary N) is 1. The third-order valence-corrected chi connectivity index (χ3v) is 2.99. The Hall–Kier alpha value is 0.190. The molecular formula is C4H2Cl2IN3. The van der Waals surface area contributed by atoms with E-state index in [0.717, 1.165) is 0 Å². The molecule has 3 nitrogen and oxygen atoms in total. The van der Waals surface area contributed by atoms with Crippen molar-refractivity contribution in [2.45, 2.75) is 0 Å². The third kappa shape index (κ3) is 1.62. The topological polar surface area (TPSA) is 51.8 Å². The maximum Gasteiger partial charge on any atom is 0.222 e. The van der Waals surface area contributed by atoms with Crippen LogP contribution >= 0.6 is 45.8 Å². The van der Waals surface area contributed by atoms with Crippen molar-refractivity contribution >= 4 is 51.7 Å². The molecular weight excluding hydrogens is 288 g/mol. The summed E-state index contributed by atoms with van der Waals surface area (Å²) in [7, 11) is 0. The van der Waals surface area contributed by atoms with Crippen LogP contribution < -0.4 is 5.73 Å². The molecule has 0 spiro atoms. The van der Waals surface area contributed by atoms with Crippen LogP contribution in [0.5, 0.6) is 0 Å². The summed E-state index contributed by atoms with van der Waals surface area (Å²) < 4.78 is 0.620. The molecule has 0 aliphatic carbocycles. The fourth-order valence-electron chi connectivity index (χ4n) is 0.409. The van der Waals surface area contributed by atoms with Crippen molar-refractivity contribution in [3.05, 3.63) is 13.9 Å². The van der Waals surface area contributed by atoms with Gasteiger partial charge in [0, 0.05) is 0 Å². The minimum Gasteiger partial charge on any atom is -0.368 e. The SMILES string of the molecule is Nc1nc(Cl)c(I)c(Cl)n1. The Morgan fingerprint density at radius 1 is 1.20 bits per heavy atom. The Labute approximate surface area is 81.1 Å². The maximum absolute atomic E-state index is 5.60. The van der Waals surface area contributed by atoms with Gasteiger partial charge in [0.2, 0.25) is 5.95 Å². The Bertz CT molecular complexity index is 242. The third-order valence-electron chi connectivity index (χ3n) is 0.788. The summed E-state index contributed by atoms with van der Waals surface area (Å²) in [6, 6.07) is 0. The lowest BCUT2D eigenvalue weighted by molar-refractivity contribution is 1.17. The lowest BCUT2D eigenvalue weighted by Gasteiger charge is -1.97. The van der Waals surface area contributed by atoms with Gasteiger partial charge in [0.1, 0.15) is 10.3 Å². The van der Waals surface area contributed by atoms with Crippen LogP contribution in [0.1, 0.15) is 0 Å². The molecule has 0 saturated heterocycles. The zero-order chi connectivity index (χ0) is 7.72. The van der Waals surface area contributed by atoms with Gasteiger partial charge in [-0.3, -0.25) is 0 Å². The molecule has 6 heteroatoms. The highest BCUT2D eigenvalue weighted by molar-refractivity contribution is 14.1. The minimum atomic E-state index is 0.0930. The van der Waals surface area contributed by atoms with Crippen molar-refractivity contribution in [1.29, 1.82) is 0 Å². The van der Waals surface area contributed by atoms with E-state index in [-0.39, 0.29) is 16.3 Å². The summed E-state index contributed by atoms with van der Waals surface area (Å²) in [5.74, 6) is 0.0930. The Morgan fingerprint density at radius 2 is 1.60 bits per heavy atom. The van der Waals surface area contributed by atoms with Crippen LogP contribution in [0.4, 0.5) is 5.95 Å². The first-order chi connectivity index (χ1) is 4.61. The lowest BCUT2D eigenvalue weighted by atomic mass is 10.7. The van der Waals surface area contributed by atoms with Crippen LogP contribution in [0.25, 0.3) is 0 Å². The average Bonchev–Trinajstić information content (AvgIpc) is 1.82. The Balaban J connectivity index is 3.31. The van der Waals surface area contributed by atoms with Gasteiger partial charge in [-0.2, -0.15) is 0 Å². The number of anilines is 1. The molecule has 0 unspecified atom stereocenters. The Kier molecular flexibility index (Phi) is 2.54. The summed E-state index contributed by atoms with van der Waals surface area (Å²) in [6.45, 7) is 0. The van der Waals surface area contributed by atoms with E-state index in [2.05, 4.69) is 9.97 Å². The number of hydrogen-bond acceptors (Lipinski definition) is 3. The molecule has 10 heavy (non-hydrogen) atoms. The van der Waals surface area contributed by atoms with Crippen molar-refractivity contribution < 1.29 is 0 Å². The Morgan fingerprint density at radius 3 is 2.00 bits per heavy atom. The van der Waals surface area contributed by atoms with Gasteiger partial charge < -0.3 is 5.73 Å². The highest BCUT2D eigenvalue weighted by Crippen LogP contribution is 2.22. The number of aromatic nitrogens is 2. The molecule has 0 aliphatic heterocycles. The number of nitrogen functional groups attached to an aromatic ring is 1. The summed E-state index contributed by atoms with van der Waals surface area (Å²) >= 11 is 13.1. The predicted molar refractivity (Wildman–Crippen MR) is 49.2 cm³/mol. The van der Waals surface area contributed by atoms with Crippen molar-refractivity contribution in [1.82, 2.24) is 9.97 Å². The van der Waals surface area contributed by atoms with Crippen LogP contribution in [0.15, 0.2) is 0 Å². The second-order valence-electron chi connectivity index (χ2n) is 1.48. The largest absolute Gasteiger partial charge is 0.368 e. The molecule has 1 aromatic heterocycles. The van der Waals surface area contributed by atoms with E-state index < -0.39 is 0 Å². The number of nitrogens with zero attached hydrogens (tertiary/aromatic N) is 2.